The quantitative estimate of drug-likeness (QED) is 0.737. The van der Waals surface area contributed by atoms with Crippen molar-refractivity contribution in [2.24, 2.45) is 5.92 Å². The Kier molecular flexibility index (Phi) is 2.98. The lowest BCUT2D eigenvalue weighted by Crippen LogP contribution is -2.47. The molecule has 1 saturated carbocycles. The zero-order valence-corrected chi connectivity index (χ0v) is 8.82. The largest absolute Gasteiger partial charge is 0.481 e. The van der Waals surface area contributed by atoms with Gasteiger partial charge in [0.15, 0.2) is 0 Å². The average molecular weight is 214 g/mol. The zero-order valence-electron chi connectivity index (χ0n) is 8.82. The van der Waals surface area contributed by atoms with Crippen molar-refractivity contribution in [1.82, 2.24) is 0 Å². The van der Waals surface area contributed by atoms with Gasteiger partial charge in [-0.1, -0.05) is 0 Å². The summed E-state index contributed by atoms with van der Waals surface area (Å²) in [5.74, 6) is -1.11. The van der Waals surface area contributed by atoms with E-state index in [2.05, 4.69) is 0 Å². The van der Waals surface area contributed by atoms with Gasteiger partial charge in [0.2, 0.25) is 0 Å². The highest BCUT2D eigenvalue weighted by Crippen LogP contribution is 2.41. The maximum absolute atomic E-state index is 10.6. The van der Waals surface area contributed by atoms with Crippen LogP contribution in [0.25, 0.3) is 0 Å². The van der Waals surface area contributed by atoms with Gasteiger partial charge in [0.1, 0.15) is 0 Å². The molecule has 1 unspecified atom stereocenters. The SMILES string of the molecule is O=C(O)C1CC(O)(CCC2CCCO2)C1. The fourth-order valence-electron chi connectivity index (χ4n) is 2.54. The van der Waals surface area contributed by atoms with Gasteiger partial charge in [-0.25, -0.2) is 0 Å². The minimum absolute atomic E-state index is 0.290. The summed E-state index contributed by atoms with van der Waals surface area (Å²) in [6.07, 6.45) is 4.85. The molecule has 0 spiro atoms. The van der Waals surface area contributed by atoms with Gasteiger partial charge in [-0.15, -0.1) is 0 Å². The van der Waals surface area contributed by atoms with E-state index in [1.54, 1.807) is 0 Å². The Hall–Kier alpha value is -0.610. The number of aliphatic carboxylic acids is 1. The Morgan fingerprint density at radius 2 is 2.20 bits per heavy atom. The van der Waals surface area contributed by atoms with Gasteiger partial charge in [-0.05, 0) is 38.5 Å². The Bertz CT molecular complexity index is 239. The lowest BCUT2D eigenvalue weighted by atomic mass is 9.68. The van der Waals surface area contributed by atoms with E-state index in [1.165, 1.54) is 0 Å². The Labute approximate surface area is 89.2 Å². The maximum atomic E-state index is 10.6. The molecule has 0 aromatic carbocycles. The van der Waals surface area contributed by atoms with Crippen LogP contribution in [0.1, 0.15) is 38.5 Å². The van der Waals surface area contributed by atoms with Gasteiger partial charge in [0.25, 0.3) is 0 Å². The monoisotopic (exact) mass is 214 g/mol. The molecule has 0 bridgehead atoms. The molecule has 86 valence electrons. The maximum Gasteiger partial charge on any atom is 0.306 e. The molecule has 1 heterocycles. The molecule has 1 atom stereocenters. The van der Waals surface area contributed by atoms with Crippen LogP contribution in [-0.2, 0) is 9.53 Å². The smallest absolute Gasteiger partial charge is 0.306 e. The molecular weight excluding hydrogens is 196 g/mol. The number of hydrogen-bond acceptors (Lipinski definition) is 3. The fourth-order valence-corrected chi connectivity index (χ4v) is 2.54. The Morgan fingerprint density at radius 3 is 2.73 bits per heavy atom. The normalized spacial score (nSPS) is 40.1. The number of carboxylic acids is 1. The van der Waals surface area contributed by atoms with Crippen molar-refractivity contribution in [3.05, 3.63) is 0 Å². The van der Waals surface area contributed by atoms with Crippen molar-refractivity contribution in [2.75, 3.05) is 6.61 Å². The van der Waals surface area contributed by atoms with E-state index in [1.807, 2.05) is 0 Å². The highest BCUT2D eigenvalue weighted by atomic mass is 16.5. The van der Waals surface area contributed by atoms with Crippen LogP contribution in [0.15, 0.2) is 0 Å². The topological polar surface area (TPSA) is 66.8 Å². The summed E-state index contributed by atoms with van der Waals surface area (Å²) in [6, 6.07) is 0. The van der Waals surface area contributed by atoms with E-state index in [4.69, 9.17) is 9.84 Å². The molecule has 0 aromatic rings. The van der Waals surface area contributed by atoms with Crippen LogP contribution in [0, 0.1) is 5.92 Å². The van der Waals surface area contributed by atoms with Crippen LogP contribution in [0.4, 0.5) is 0 Å². The summed E-state index contributed by atoms with van der Waals surface area (Å²) in [7, 11) is 0. The highest BCUT2D eigenvalue weighted by molar-refractivity contribution is 5.71. The van der Waals surface area contributed by atoms with Crippen LogP contribution in [0.3, 0.4) is 0 Å². The first-order valence-corrected chi connectivity index (χ1v) is 5.66. The van der Waals surface area contributed by atoms with Crippen molar-refractivity contribution in [2.45, 2.75) is 50.2 Å². The highest BCUT2D eigenvalue weighted by Gasteiger charge is 2.46. The second-order valence-corrected chi connectivity index (χ2v) is 4.84. The summed E-state index contributed by atoms with van der Waals surface area (Å²) in [5, 5.41) is 18.7. The second kappa shape index (κ2) is 4.10. The van der Waals surface area contributed by atoms with E-state index in [-0.39, 0.29) is 12.0 Å². The van der Waals surface area contributed by atoms with Crippen LogP contribution < -0.4 is 0 Å². The van der Waals surface area contributed by atoms with Crippen molar-refractivity contribution in [3.8, 4) is 0 Å². The van der Waals surface area contributed by atoms with Crippen LogP contribution >= 0.6 is 0 Å². The van der Waals surface area contributed by atoms with Gasteiger partial charge in [-0.3, -0.25) is 4.79 Å². The molecule has 1 aliphatic heterocycles. The molecule has 0 radical (unpaired) electrons. The molecular formula is C11H18O4. The summed E-state index contributed by atoms with van der Waals surface area (Å²) in [5.41, 5.74) is -0.727. The van der Waals surface area contributed by atoms with E-state index in [0.29, 0.717) is 19.3 Å². The average Bonchev–Trinajstić information content (AvgIpc) is 2.62. The molecule has 0 aromatic heterocycles. The summed E-state index contributed by atoms with van der Waals surface area (Å²) >= 11 is 0. The third-order valence-corrected chi connectivity index (χ3v) is 3.56. The Morgan fingerprint density at radius 1 is 1.47 bits per heavy atom. The van der Waals surface area contributed by atoms with E-state index in [9.17, 15) is 9.90 Å². The minimum atomic E-state index is -0.781. The lowest BCUT2D eigenvalue weighted by Gasteiger charge is -2.42. The van der Waals surface area contributed by atoms with Gasteiger partial charge < -0.3 is 14.9 Å². The van der Waals surface area contributed by atoms with E-state index >= 15 is 0 Å². The minimum Gasteiger partial charge on any atom is -0.481 e. The van der Waals surface area contributed by atoms with Crippen molar-refractivity contribution in [3.63, 3.8) is 0 Å². The van der Waals surface area contributed by atoms with Crippen LogP contribution in [-0.4, -0.2) is 34.5 Å². The van der Waals surface area contributed by atoms with Gasteiger partial charge in [0, 0.05) is 6.61 Å². The van der Waals surface area contributed by atoms with Crippen LogP contribution in [0.5, 0.6) is 0 Å². The molecule has 2 N–H and O–H groups in total. The molecule has 15 heavy (non-hydrogen) atoms. The summed E-state index contributed by atoms with van der Waals surface area (Å²) in [4.78, 5) is 10.6. The number of carboxylic acid groups (broad SMARTS) is 1. The predicted molar refractivity (Wildman–Crippen MR) is 53.5 cm³/mol. The summed E-state index contributed by atoms with van der Waals surface area (Å²) < 4.78 is 5.46. The molecule has 4 heteroatoms. The molecule has 1 aliphatic carbocycles. The van der Waals surface area contributed by atoms with Crippen molar-refractivity contribution >= 4 is 5.97 Å². The van der Waals surface area contributed by atoms with E-state index in [0.717, 1.165) is 25.9 Å². The standard InChI is InChI=1S/C11H18O4/c12-10(13)8-6-11(14,7-8)4-3-9-2-1-5-15-9/h8-9,14H,1-7H2,(H,12,13). The number of aliphatic hydroxyl groups is 1. The first kappa shape index (κ1) is 10.9. The molecule has 1 saturated heterocycles. The molecule has 2 rings (SSSR count). The van der Waals surface area contributed by atoms with Gasteiger partial charge in [0.05, 0.1) is 17.6 Å². The molecule has 2 aliphatic rings. The Balaban J connectivity index is 1.69. The number of ether oxygens (including phenoxy) is 1. The first-order valence-electron chi connectivity index (χ1n) is 5.66. The van der Waals surface area contributed by atoms with E-state index < -0.39 is 11.6 Å². The van der Waals surface area contributed by atoms with Gasteiger partial charge >= 0.3 is 5.97 Å². The first-order chi connectivity index (χ1) is 7.09. The predicted octanol–water partition coefficient (Wildman–Crippen LogP) is 1.17. The van der Waals surface area contributed by atoms with Crippen molar-refractivity contribution < 1.29 is 19.7 Å². The lowest BCUT2D eigenvalue weighted by molar-refractivity contribution is -0.159. The number of rotatable bonds is 4. The molecule has 0 amide bonds. The number of carbonyl (C=O) groups is 1. The summed E-state index contributed by atoms with van der Waals surface area (Å²) in [6.45, 7) is 0.834. The van der Waals surface area contributed by atoms with Crippen molar-refractivity contribution in [1.29, 1.82) is 0 Å². The molecule has 2 fully saturated rings. The second-order valence-electron chi connectivity index (χ2n) is 4.84. The zero-order chi connectivity index (χ0) is 10.9. The number of hydrogen-bond donors (Lipinski definition) is 2. The third kappa shape index (κ3) is 2.49. The third-order valence-electron chi connectivity index (χ3n) is 3.56. The van der Waals surface area contributed by atoms with Gasteiger partial charge in [-0.2, -0.15) is 0 Å². The fraction of sp³-hybridized carbons (Fsp3) is 0.909. The molecule has 4 nitrogen and oxygen atoms in total. The van der Waals surface area contributed by atoms with Crippen LogP contribution in [0.2, 0.25) is 0 Å².